The summed E-state index contributed by atoms with van der Waals surface area (Å²) in [7, 11) is -3.15. The van der Waals surface area contributed by atoms with Crippen molar-refractivity contribution in [1.82, 2.24) is 14.3 Å². The lowest BCUT2D eigenvalue weighted by Gasteiger charge is -2.35. The third kappa shape index (κ3) is 4.52. The standard InChI is InChI=1S/C23H32N4O2S/c1-5-21-20(15-19-14-16(2)6-7-17(19)3)23(25-22(24-21)18-8-9-18)26-10-12-27(13-11-26)30(4,28)29/h6-7,14,18H,5,8-13,15H2,1-4H3. The number of piperazine rings is 1. The predicted octanol–water partition coefficient (Wildman–Crippen LogP) is 3.21. The van der Waals surface area contributed by atoms with E-state index in [1.165, 1.54) is 41.4 Å². The fourth-order valence-corrected chi connectivity index (χ4v) is 5.03. The SMILES string of the molecule is CCc1nc(C2CC2)nc(N2CCN(S(C)(=O)=O)CC2)c1Cc1cc(C)ccc1C. The lowest BCUT2D eigenvalue weighted by atomic mass is 9.96. The van der Waals surface area contributed by atoms with Crippen LogP contribution in [0.25, 0.3) is 0 Å². The van der Waals surface area contributed by atoms with Crippen LogP contribution in [0.2, 0.25) is 0 Å². The molecule has 0 radical (unpaired) electrons. The first kappa shape index (κ1) is 21.2. The lowest BCUT2D eigenvalue weighted by Crippen LogP contribution is -2.49. The van der Waals surface area contributed by atoms with Crippen molar-refractivity contribution in [2.45, 2.75) is 52.4 Å². The molecule has 2 heterocycles. The van der Waals surface area contributed by atoms with Gasteiger partial charge in [0.15, 0.2) is 0 Å². The molecule has 6 nitrogen and oxygen atoms in total. The maximum Gasteiger partial charge on any atom is 0.211 e. The maximum atomic E-state index is 11.9. The highest BCUT2D eigenvalue weighted by atomic mass is 32.2. The molecule has 0 N–H and O–H groups in total. The quantitative estimate of drug-likeness (QED) is 0.707. The molecule has 0 atom stereocenters. The Kier molecular flexibility index (Phi) is 5.86. The number of aryl methyl sites for hydroxylation is 3. The number of rotatable bonds is 6. The summed E-state index contributed by atoms with van der Waals surface area (Å²) in [6, 6.07) is 6.59. The Labute approximate surface area is 180 Å². The lowest BCUT2D eigenvalue weighted by molar-refractivity contribution is 0.386. The molecular formula is C23H32N4O2S. The second-order valence-corrected chi connectivity index (χ2v) is 10.7. The van der Waals surface area contributed by atoms with Gasteiger partial charge in [0.2, 0.25) is 10.0 Å². The third-order valence-corrected chi connectivity index (χ3v) is 7.55. The fourth-order valence-electron chi connectivity index (χ4n) is 4.21. The minimum Gasteiger partial charge on any atom is -0.354 e. The van der Waals surface area contributed by atoms with Crippen molar-refractivity contribution in [2.75, 3.05) is 37.3 Å². The van der Waals surface area contributed by atoms with E-state index < -0.39 is 10.0 Å². The Morgan fingerprint density at radius 2 is 1.77 bits per heavy atom. The van der Waals surface area contributed by atoms with Gasteiger partial charge in [0.25, 0.3) is 0 Å². The van der Waals surface area contributed by atoms with Crippen molar-refractivity contribution >= 4 is 15.8 Å². The molecule has 4 rings (SSSR count). The molecule has 162 valence electrons. The summed E-state index contributed by atoms with van der Waals surface area (Å²) < 4.78 is 25.4. The Balaban J connectivity index is 1.72. The molecule has 2 fully saturated rings. The van der Waals surface area contributed by atoms with Gasteiger partial charge < -0.3 is 4.90 Å². The van der Waals surface area contributed by atoms with Gasteiger partial charge in [-0.1, -0.05) is 30.7 Å². The zero-order valence-corrected chi connectivity index (χ0v) is 19.3. The molecule has 1 saturated heterocycles. The van der Waals surface area contributed by atoms with Gasteiger partial charge in [0, 0.05) is 49.8 Å². The van der Waals surface area contributed by atoms with Crippen LogP contribution >= 0.6 is 0 Å². The van der Waals surface area contributed by atoms with Crippen LogP contribution in [0, 0.1) is 13.8 Å². The number of benzene rings is 1. The smallest absolute Gasteiger partial charge is 0.211 e. The van der Waals surface area contributed by atoms with Gasteiger partial charge in [-0.15, -0.1) is 0 Å². The highest BCUT2D eigenvalue weighted by Gasteiger charge is 2.31. The Hall–Kier alpha value is -1.99. The molecule has 1 aromatic heterocycles. The number of sulfonamides is 1. The zero-order valence-electron chi connectivity index (χ0n) is 18.5. The summed E-state index contributed by atoms with van der Waals surface area (Å²) in [5.41, 5.74) is 6.18. The Bertz CT molecular complexity index is 1040. The fraction of sp³-hybridized carbons (Fsp3) is 0.565. The summed E-state index contributed by atoms with van der Waals surface area (Å²) in [5.74, 6) is 2.47. The van der Waals surface area contributed by atoms with Crippen LogP contribution in [0.1, 0.15) is 59.5 Å². The van der Waals surface area contributed by atoms with Crippen molar-refractivity contribution in [2.24, 2.45) is 0 Å². The largest absolute Gasteiger partial charge is 0.354 e. The number of aromatic nitrogens is 2. The summed E-state index contributed by atoms with van der Waals surface area (Å²) in [4.78, 5) is 12.3. The predicted molar refractivity (Wildman–Crippen MR) is 121 cm³/mol. The topological polar surface area (TPSA) is 66.4 Å². The summed E-state index contributed by atoms with van der Waals surface area (Å²) >= 11 is 0. The second-order valence-electron chi connectivity index (χ2n) is 8.71. The summed E-state index contributed by atoms with van der Waals surface area (Å²) in [5, 5.41) is 0. The molecule has 0 bridgehead atoms. The minimum absolute atomic E-state index is 0.487. The second kappa shape index (κ2) is 8.27. The molecule has 0 amide bonds. The molecule has 2 aliphatic rings. The van der Waals surface area contributed by atoms with Gasteiger partial charge >= 0.3 is 0 Å². The van der Waals surface area contributed by atoms with E-state index in [-0.39, 0.29) is 0 Å². The highest BCUT2D eigenvalue weighted by Crippen LogP contribution is 2.40. The van der Waals surface area contributed by atoms with Crippen LogP contribution in [-0.2, 0) is 22.9 Å². The first-order valence-electron chi connectivity index (χ1n) is 10.9. The summed E-state index contributed by atoms with van der Waals surface area (Å²) in [6.45, 7) is 8.79. The van der Waals surface area contributed by atoms with E-state index in [9.17, 15) is 8.42 Å². The van der Waals surface area contributed by atoms with E-state index in [4.69, 9.17) is 9.97 Å². The van der Waals surface area contributed by atoms with E-state index in [2.05, 4.69) is 43.9 Å². The average molecular weight is 429 g/mol. The van der Waals surface area contributed by atoms with E-state index in [0.717, 1.165) is 30.2 Å². The van der Waals surface area contributed by atoms with Crippen LogP contribution in [0.3, 0.4) is 0 Å². The van der Waals surface area contributed by atoms with Gasteiger partial charge in [0.1, 0.15) is 11.6 Å². The van der Waals surface area contributed by atoms with Gasteiger partial charge in [-0.05, 0) is 44.2 Å². The molecule has 0 unspecified atom stereocenters. The van der Waals surface area contributed by atoms with Gasteiger partial charge in [-0.25, -0.2) is 18.4 Å². The van der Waals surface area contributed by atoms with Crippen molar-refractivity contribution in [3.8, 4) is 0 Å². The Morgan fingerprint density at radius 1 is 1.07 bits per heavy atom. The number of hydrogen-bond acceptors (Lipinski definition) is 5. The van der Waals surface area contributed by atoms with E-state index in [1.807, 2.05) is 0 Å². The van der Waals surface area contributed by atoms with Crippen molar-refractivity contribution in [3.63, 3.8) is 0 Å². The van der Waals surface area contributed by atoms with Gasteiger partial charge in [0.05, 0.1) is 6.26 Å². The van der Waals surface area contributed by atoms with Gasteiger partial charge in [-0.3, -0.25) is 0 Å². The van der Waals surface area contributed by atoms with Crippen LogP contribution in [0.15, 0.2) is 18.2 Å². The van der Waals surface area contributed by atoms with E-state index in [1.54, 1.807) is 4.31 Å². The normalized spacial score (nSPS) is 18.1. The molecule has 2 aromatic rings. The molecule has 1 aromatic carbocycles. The first-order valence-corrected chi connectivity index (χ1v) is 12.8. The number of anilines is 1. The van der Waals surface area contributed by atoms with Crippen LogP contribution in [0.5, 0.6) is 0 Å². The average Bonchev–Trinajstić information content (AvgIpc) is 3.55. The Morgan fingerprint density at radius 3 is 2.37 bits per heavy atom. The van der Waals surface area contributed by atoms with E-state index in [0.29, 0.717) is 32.1 Å². The van der Waals surface area contributed by atoms with Crippen molar-refractivity contribution < 1.29 is 8.42 Å². The van der Waals surface area contributed by atoms with Crippen LogP contribution < -0.4 is 4.90 Å². The number of hydrogen-bond donors (Lipinski definition) is 0. The molecule has 1 saturated carbocycles. The van der Waals surface area contributed by atoms with Gasteiger partial charge in [-0.2, -0.15) is 4.31 Å². The van der Waals surface area contributed by atoms with Crippen LogP contribution in [-0.4, -0.2) is 55.1 Å². The summed E-state index contributed by atoms with van der Waals surface area (Å²) in [6.07, 6.45) is 5.31. The van der Waals surface area contributed by atoms with E-state index >= 15 is 0 Å². The maximum absolute atomic E-state index is 11.9. The molecule has 1 aliphatic carbocycles. The van der Waals surface area contributed by atoms with Crippen molar-refractivity contribution in [3.05, 3.63) is 52.0 Å². The molecule has 30 heavy (non-hydrogen) atoms. The molecule has 0 spiro atoms. The molecular weight excluding hydrogens is 396 g/mol. The molecule has 1 aliphatic heterocycles. The minimum atomic E-state index is -3.15. The van der Waals surface area contributed by atoms with Crippen molar-refractivity contribution in [1.29, 1.82) is 0 Å². The highest BCUT2D eigenvalue weighted by molar-refractivity contribution is 7.88. The zero-order chi connectivity index (χ0) is 21.5. The number of nitrogens with zero attached hydrogens (tertiary/aromatic N) is 4. The molecule has 7 heteroatoms. The first-order chi connectivity index (χ1) is 14.3. The van der Waals surface area contributed by atoms with Crippen LogP contribution in [0.4, 0.5) is 5.82 Å². The third-order valence-electron chi connectivity index (χ3n) is 6.24. The monoisotopic (exact) mass is 428 g/mol.